The molecule has 1 heterocycles. The van der Waals surface area contributed by atoms with Crippen LogP contribution in [0.3, 0.4) is 0 Å². The molecule has 0 spiro atoms. The molecule has 6 nitrogen and oxygen atoms in total. The van der Waals surface area contributed by atoms with Gasteiger partial charge in [-0.1, -0.05) is 22.3 Å². The number of nitrogens with zero attached hydrogens (tertiary/aromatic N) is 3. The molecule has 0 saturated heterocycles. The highest BCUT2D eigenvalue weighted by atomic mass is 32.2. The van der Waals surface area contributed by atoms with E-state index in [4.69, 9.17) is 4.74 Å². The van der Waals surface area contributed by atoms with Gasteiger partial charge in [0.2, 0.25) is 5.91 Å². The average molecular weight is 420 g/mol. The number of hydrogen-bond acceptors (Lipinski definition) is 5. The molecule has 4 rings (SSSR count). The zero-order valence-electron chi connectivity index (χ0n) is 17.2. The summed E-state index contributed by atoms with van der Waals surface area (Å²) >= 11 is 0. The highest BCUT2D eigenvalue weighted by Gasteiger charge is 2.31. The lowest BCUT2D eigenvalue weighted by atomic mass is 10.0. The second-order valence-corrected chi connectivity index (χ2v) is 9.31. The number of hydrogen-bond donors (Lipinski definition) is 1. The molecule has 3 aromatic rings. The van der Waals surface area contributed by atoms with Crippen LogP contribution in [-0.2, 0) is 11.2 Å². The summed E-state index contributed by atoms with van der Waals surface area (Å²) < 4.78 is 5.75. The Balaban J connectivity index is 1.75. The maximum absolute atomic E-state index is 11.6. The van der Waals surface area contributed by atoms with E-state index in [0.29, 0.717) is 11.3 Å². The minimum Gasteiger partial charge on any atom is -0.490 e. The lowest BCUT2D eigenvalue weighted by molar-refractivity contribution is -0.119. The summed E-state index contributed by atoms with van der Waals surface area (Å²) in [5.41, 5.74) is 5.80. The van der Waals surface area contributed by atoms with Crippen molar-refractivity contribution in [3.05, 3.63) is 58.6 Å². The maximum Gasteiger partial charge on any atom is 0.299 e. The van der Waals surface area contributed by atoms with Crippen molar-refractivity contribution >= 4 is 16.4 Å². The molecule has 30 heavy (non-hydrogen) atoms. The van der Waals surface area contributed by atoms with Gasteiger partial charge in [0.05, 0.1) is 33.7 Å². The average Bonchev–Trinajstić information content (AvgIpc) is 3.35. The summed E-state index contributed by atoms with van der Waals surface area (Å²) in [6.45, 7) is 5.43. The molecule has 1 amide bonds. The molecule has 1 aliphatic rings. The Morgan fingerprint density at radius 1 is 1.33 bits per heavy atom. The predicted octanol–water partition coefficient (Wildman–Crippen LogP) is 4.66. The summed E-state index contributed by atoms with van der Waals surface area (Å²) in [6.07, 6.45) is 1.77. The predicted molar refractivity (Wildman–Crippen MR) is 117 cm³/mol. The third-order valence-corrected chi connectivity index (χ3v) is 6.86. The second kappa shape index (κ2) is 8.25. The molecule has 2 aromatic carbocycles. The number of amides is 1. The Kier molecular flexibility index (Phi) is 5.51. The summed E-state index contributed by atoms with van der Waals surface area (Å²) in [5.74, 6) is 0.570. The molecular formula is C23H23N4O2S+. The molecule has 2 atom stereocenters. The molecule has 1 aromatic heterocycles. The van der Waals surface area contributed by atoms with Crippen LogP contribution in [0.25, 0.3) is 15.5 Å². The molecule has 1 aliphatic carbocycles. The van der Waals surface area contributed by atoms with Crippen LogP contribution in [0, 0.1) is 11.3 Å². The largest absolute Gasteiger partial charge is 0.490 e. The Morgan fingerprint density at radius 2 is 2.17 bits per heavy atom. The van der Waals surface area contributed by atoms with Gasteiger partial charge in [0.1, 0.15) is 11.8 Å². The van der Waals surface area contributed by atoms with Crippen molar-refractivity contribution in [2.45, 2.75) is 45.8 Å². The van der Waals surface area contributed by atoms with Gasteiger partial charge < -0.3 is 10.1 Å². The normalized spacial score (nSPS) is 15.6. The first-order chi connectivity index (χ1) is 14.5. The highest BCUT2D eigenvalue weighted by molar-refractivity contribution is 7.40. The van der Waals surface area contributed by atoms with Crippen LogP contribution in [-0.4, -0.2) is 22.2 Å². The molecule has 0 fully saturated rings. The van der Waals surface area contributed by atoms with Crippen molar-refractivity contribution in [2.24, 2.45) is 0 Å². The van der Waals surface area contributed by atoms with E-state index >= 15 is 0 Å². The standard InChI is InChI=1S/C23H22N4O2S/c1-14(2)29-22-10-7-17(11-16(22)12-24)30-13-25-27-23(30)20-6-4-5-19-18(20)8-9-21(19)26-15(3)28/h4-7,10-11,13-14,21H,8-9H2,1-3H3/p+1/t21-,30?/m0/s1. The van der Waals surface area contributed by atoms with Crippen molar-refractivity contribution in [1.29, 1.82) is 5.26 Å². The first-order valence-corrected chi connectivity index (χ1v) is 11.2. The van der Waals surface area contributed by atoms with E-state index in [-0.39, 0.29) is 18.1 Å². The summed E-state index contributed by atoms with van der Waals surface area (Å²) in [6, 6.07) is 14.2. The number of carbonyl (C=O) groups excluding carboxylic acids is 1. The van der Waals surface area contributed by atoms with Gasteiger partial charge in [0.15, 0.2) is 4.90 Å². The summed E-state index contributed by atoms with van der Waals surface area (Å²) in [5, 5.41) is 22.2. The molecular weight excluding hydrogens is 396 g/mol. The third-order valence-electron chi connectivity index (χ3n) is 5.08. The fourth-order valence-electron chi connectivity index (χ4n) is 3.90. The molecule has 152 valence electrons. The quantitative estimate of drug-likeness (QED) is 0.608. The molecule has 0 bridgehead atoms. The van der Waals surface area contributed by atoms with E-state index in [9.17, 15) is 10.1 Å². The van der Waals surface area contributed by atoms with Crippen molar-refractivity contribution in [3.8, 4) is 27.3 Å². The fourth-order valence-corrected chi connectivity index (χ4v) is 5.51. The van der Waals surface area contributed by atoms with Crippen molar-refractivity contribution in [2.75, 3.05) is 0 Å². The van der Waals surface area contributed by atoms with Crippen LogP contribution >= 0.6 is 10.5 Å². The number of benzene rings is 2. The Hall–Kier alpha value is -3.24. The van der Waals surface area contributed by atoms with Crippen LogP contribution in [0.15, 0.2) is 41.9 Å². The number of ether oxygens (including phenoxy) is 1. The van der Waals surface area contributed by atoms with Crippen LogP contribution in [0.1, 0.15) is 49.9 Å². The minimum atomic E-state index is -0.462. The van der Waals surface area contributed by atoms with Gasteiger partial charge in [-0.3, -0.25) is 4.79 Å². The van der Waals surface area contributed by atoms with E-state index in [0.717, 1.165) is 33.9 Å². The maximum atomic E-state index is 11.6. The van der Waals surface area contributed by atoms with Crippen LogP contribution in [0.2, 0.25) is 0 Å². The van der Waals surface area contributed by atoms with Gasteiger partial charge in [-0.15, -0.1) is 0 Å². The molecule has 0 aliphatic heterocycles. The zero-order valence-corrected chi connectivity index (χ0v) is 18.0. The number of carbonyl (C=O) groups is 1. The topological polar surface area (TPSA) is 87.9 Å². The minimum absolute atomic E-state index is 0.000899. The molecule has 7 heteroatoms. The van der Waals surface area contributed by atoms with Gasteiger partial charge in [0, 0.05) is 19.1 Å². The summed E-state index contributed by atoms with van der Waals surface area (Å²) in [7, 11) is -0.462. The van der Waals surface area contributed by atoms with Crippen LogP contribution in [0.4, 0.5) is 0 Å². The molecule has 1 N–H and O–H groups in total. The van der Waals surface area contributed by atoms with Crippen LogP contribution < -0.4 is 10.1 Å². The molecule has 0 radical (unpaired) electrons. The van der Waals surface area contributed by atoms with Gasteiger partial charge in [-0.25, -0.2) is 0 Å². The van der Waals surface area contributed by atoms with E-state index in [1.165, 1.54) is 5.56 Å². The fraction of sp³-hybridized carbons (Fsp3) is 0.304. The number of aromatic nitrogens is 2. The first-order valence-electron chi connectivity index (χ1n) is 9.92. The Labute approximate surface area is 178 Å². The number of rotatable bonds is 5. The number of nitrogens with one attached hydrogen (secondary N) is 1. The van der Waals surface area contributed by atoms with E-state index in [1.54, 1.807) is 6.92 Å². The van der Waals surface area contributed by atoms with Crippen LogP contribution in [0.5, 0.6) is 5.75 Å². The van der Waals surface area contributed by atoms with Crippen molar-refractivity contribution < 1.29 is 9.53 Å². The Bertz CT molecular complexity index is 1150. The molecule has 1 unspecified atom stereocenters. The summed E-state index contributed by atoms with van der Waals surface area (Å²) in [4.78, 5) is 12.5. The van der Waals surface area contributed by atoms with E-state index in [2.05, 4.69) is 33.7 Å². The van der Waals surface area contributed by atoms with Gasteiger partial charge >= 0.3 is 0 Å². The number of nitriles is 1. The number of fused-ring (bicyclic) bond motifs is 1. The van der Waals surface area contributed by atoms with Crippen molar-refractivity contribution in [1.82, 2.24) is 15.5 Å². The van der Waals surface area contributed by atoms with E-state index < -0.39 is 10.5 Å². The van der Waals surface area contributed by atoms with Gasteiger partial charge in [-0.2, -0.15) is 5.26 Å². The van der Waals surface area contributed by atoms with Crippen molar-refractivity contribution in [3.63, 3.8) is 0 Å². The highest BCUT2D eigenvalue weighted by Crippen LogP contribution is 2.45. The van der Waals surface area contributed by atoms with E-state index in [1.807, 2.05) is 43.6 Å². The van der Waals surface area contributed by atoms with Gasteiger partial charge in [-0.05, 0) is 49.9 Å². The van der Waals surface area contributed by atoms with Gasteiger partial charge in [0.25, 0.3) is 10.5 Å². The lowest BCUT2D eigenvalue weighted by Crippen LogP contribution is -2.24. The zero-order chi connectivity index (χ0) is 21.3. The smallest absolute Gasteiger partial charge is 0.299 e. The lowest BCUT2D eigenvalue weighted by Gasteiger charge is -2.12. The Morgan fingerprint density at radius 3 is 2.90 bits per heavy atom. The molecule has 0 saturated carbocycles. The third kappa shape index (κ3) is 3.79. The second-order valence-electron chi connectivity index (χ2n) is 7.57. The monoisotopic (exact) mass is 419 g/mol. The SMILES string of the molecule is CC(=O)N[C@H]1CCc2c(-c3nnc[s+]3-c3ccc(OC(C)C)c(C#N)c3)cccc21. The first kappa shape index (κ1) is 20.0.